The van der Waals surface area contributed by atoms with Crippen molar-refractivity contribution in [1.29, 1.82) is 0 Å². The predicted molar refractivity (Wildman–Crippen MR) is 157 cm³/mol. The Morgan fingerprint density at radius 2 is 1.62 bits per heavy atom. The molecule has 212 valence electrons. The molecule has 5 rings (SSSR count). The second-order valence-corrected chi connectivity index (χ2v) is 9.79. The molecule has 0 radical (unpaired) electrons. The van der Waals surface area contributed by atoms with Crippen LogP contribution in [0, 0.1) is 6.92 Å². The molecule has 1 atom stereocenters. The zero-order valence-electron chi connectivity index (χ0n) is 23.4. The van der Waals surface area contributed by atoms with Crippen LogP contribution in [-0.4, -0.2) is 29.9 Å². The maximum absolute atomic E-state index is 13.6. The Hall–Kier alpha value is -5.37. The molecule has 1 fully saturated rings. The van der Waals surface area contributed by atoms with E-state index in [1.807, 2.05) is 37.3 Å². The Bertz CT molecular complexity index is 1690. The summed E-state index contributed by atoms with van der Waals surface area (Å²) in [4.78, 5) is 40.0. The van der Waals surface area contributed by atoms with Gasteiger partial charge in [0.05, 0.1) is 18.7 Å². The summed E-state index contributed by atoms with van der Waals surface area (Å²) in [6, 6.07) is 27.1. The van der Waals surface area contributed by atoms with Gasteiger partial charge in [-0.2, -0.15) is 0 Å². The molecule has 42 heavy (non-hydrogen) atoms. The number of nitrogens with zero attached hydrogens (tertiary/aromatic N) is 1. The zero-order valence-corrected chi connectivity index (χ0v) is 23.4. The molecule has 1 aliphatic heterocycles. The molecule has 1 heterocycles. The van der Waals surface area contributed by atoms with E-state index in [0.717, 1.165) is 11.1 Å². The summed E-state index contributed by atoms with van der Waals surface area (Å²) < 4.78 is 16.6. The summed E-state index contributed by atoms with van der Waals surface area (Å²) in [5.41, 5.74) is 2.88. The summed E-state index contributed by atoms with van der Waals surface area (Å²) in [5, 5.41) is 11.6. The minimum atomic E-state index is -1.01. The van der Waals surface area contributed by atoms with Crippen LogP contribution in [0.2, 0.25) is 0 Å². The normalized spacial score (nSPS) is 15.9. The minimum absolute atomic E-state index is 0.0971. The largest absolute Gasteiger partial charge is 0.507 e. The quantitative estimate of drug-likeness (QED) is 0.0904. The predicted octanol–water partition coefficient (Wildman–Crippen LogP) is 6.13. The second kappa shape index (κ2) is 12.0. The molecule has 8 nitrogen and oxygen atoms in total. The van der Waals surface area contributed by atoms with Crippen LogP contribution in [0.3, 0.4) is 0 Å². The van der Waals surface area contributed by atoms with Crippen molar-refractivity contribution in [2.24, 2.45) is 0 Å². The van der Waals surface area contributed by atoms with E-state index in [-0.39, 0.29) is 17.1 Å². The van der Waals surface area contributed by atoms with Crippen LogP contribution in [0.15, 0.2) is 103 Å². The average Bonchev–Trinajstić information content (AvgIpc) is 3.26. The molecule has 4 aromatic carbocycles. The number of aliphatic hydroxyl groups is 1. The van der Waals surface area contributed by atoms with E-state index >= 15 is 0 Å². The number of benzene rings is 4. The van der Waals surface area contributed by atoms with Gasteiger partial charge in [-0.1, -0.05) is 48.5 Å². The number of hydrogen-bond donors (Lipinski definition) is 1. The Morgan fingerprint density at radius 3 is 2.33 bits per heavy atom. The summed E-state index contributed by atoms with van der Waals surface area (Å²) >= 11 is 0. The third kappa shape index (κ3) is 5.74. The molecule has 1 unspecified atom stereocenters. The van der Waals surface area contributed by atoms with Gasteiger partial charge in [0.1, 0.15) is 29.6 Å². The fourth-order valence-electron chi connectivity index (χ4n) is 4.94. The monoisotopic (exact) mass is 563 g/mol. The van der Waals surface area contributed by atoms with Gasteiger partial charge in [-0.05, 0) is 66.1 Å². The Kier molecular flexibility index (Phi) is 8.06. The lowest BCUT2D eigenvalue weighted by Gasteiger charge is -2.26. The first-order valence-corrected chi connectivity index (χ1v) is 13.3. The molecule has 0 spiro atoms. The first-order chi connectivity index (χ1) is 20.3. The third-order valence-corrected chi connectivity index (χ3v) is 6.90. The van der Waals surface area contributed by atoms with Crippen LogP contribution in [0.25, 0.3) is 5.76 Å². The number of anilines is 1. The molecule has 1 amide bonds. The van der Waals surface area contributed by atoms with E-state index in [4.69, 9.17) is 14.2 Å². The molecular weight excluding hydrogens is 534 g/mol. The number of ether oxygens (including phenoxy) is 3. The summed E-state index contributed by atoms with van der Waals surface area (Å²) in [7, 11) is 1.50. The first kappa shape index (κ1) is 28.2. The van der Waals surface area contributed by atoms with E-state index in [1.165, 1.54) is 18.9 Å². The summed E-state index contributed by atoms with van der Waals surface area (Å²) in [5.74, 6) is -1.15. The van der Waals surface area contributed by atoms with Gasteiger partial charge in [-0.25, -0.2) is 0 Å². The van der Waals surface area contributed by atoms with Crippen LogP contribution in [0.1, 0.15) is 35.2 Å². The highest BCUT2D eigenvalue weighted by Gasteiger charge is 2.47. The zero-order chi connectivity index (χ0) is 29.8. The maximum Gasteiger partial charge on any atom is 0.308 e. The number of ketones is 1. The van der Waals surface area contributed by atoms with E-state index in [0.29, 0.717) is 34.9 Å². The lowest BCUT2D eigenvalue weighted by molar-refractivity contribution is -0.132. The number of aryl methyl sites for hydroxylation is 1. The van der Waals surface area contributed by atoms with Crippen molar-refractivity contribution in [2.45, 2.75) is 26.5 Å². The average molecular weight is 564 g/mol. The highest BCUT2D eigenvalue weighted by atomic mass is 16.5. The lowest BCUT2D eigenvalue weighted by atomic mass is 9.94. The number of rotatable bonds is 8. The van der Waals surface area contributed by atoms with Crippen molar-refractivity contribution in [3.05, 3.63) is 125 Å². The molecule has 1 N–H and O–H groups in total. The lowest BCUT2D eigenvalue weighted by Crippen LogP contribution is -2.29. The van der Waals surface area contributed by atoms with Crippen molar-refractivity contribution in [2.75, 3.05) is 12.0 Å². The number of esters is 1. The standard InChI is InChI=1S/C34H29NO7/c1-21-17-25(15-16-29(21)41-20-23-9-5-4-6-10-23)32(37)30-31(24-11-7-14-28(18-24)42-22(2)36)35(34(39)33(30)38)26-12-8-13-27(19-26)40-3/h4-19,31,37H,20H2,1-3H3/b32-30+. The molecule has 0 bridgehead atoms. The van der Waals surface area contributed by atoms with Crippen LogP contribution < -0.4 is 19.1 Å². The van der Waals surface area contributed by atoms with Gasteiger partial charge in [-0.15, -0.1) is 0 Å². The highest BCUT2D eigenvalue weighted by Crippen LogP contribution is 2.43. The smallest absolute Gasteiger partial charge is 0.308 e. The number of carbonyl (C=O) groups is 3. The van der Waals surface area contributed by atoms with Crippen molar-refractivity contribution < 1.29 is 33.7 Å². The topological polar surface area (TPSA) is 102 Å². The van der Waals surface area contributed by atoms with Crippen LogP contribution in [0.5, 0.6) is 17.2 Å². The van der Waals surface area contributed by atoms with Crippen molar-refractivity contribution in [1.82, 2.24) is 0 Å². The van der Waals surface area contributed by atoms with E-state index in [1.54, 1.807) is 66.7 Å². The number of carbonyl (C=O) groups excluding carboxylic acids is 3. The minimum Gasteiger partial charge on any atom is -0.507 e. The molecular formula is C34H29NO7. The van der Waals surface area contributed by atoms with Crippen LogP contribution >= 0.6 is 0 Å². The van der Waals surface area contributed by atoms with Gasteiger partial charge in [0.2, 0.25) is 0 Å². The molecule has 0 aliphatic carbocycles. The van der Waals surface area contributed by atoms with Gasteiger partial charge >= 0.3 is 5.97 Å². The SMILES string of the molecule is COc1cccc(N2C(=O)C(=O)/C(=C(/O)c3ccc(OCc4ccccc4)c(C)c3)C2c2cccc(OC(C)=O)c2)c1. The van der Waals surface area contributed by atoms with Gasteiger partial charge in [-0.3, -0.25) is 19.3 Å². The number of hydrogen-bond acceptors (Lipinski definition) is 7. The fourth-order valence-corrected chi connectivity index (χ4v) is 4.94. The number of amides is 1. The Balaban J connectivity index is 1.59. The number of aliphatic hydroxyl groups excluding tert-OH is 1. The first-order valence-electron chi connectivity index (χ1n) is 13.3. The van der Waals surface area contributed by atoms with Crippen molar-refractivity contribution in [3.8, 4) is 17.2 Å². The molecule has 4 aromatic rings. The van der Waals surface area contributed by atoms with Gasteiger partial charge in [0.15, 0.2) is 0 Å². The van der Waals surface area contributed by atoms with E-state index in [2.05, 4.69) is 0 Å². The third-order valence-electron chi connectivity index (χ3n) is 6.90. The van der Waals surface area contributed by atoms with Gasteiger partial charge in [0.25, 0.3) is 11.7 Å². The number of Topliss-reactive ketones (excluding diaryl/α,β-unsaturated/α-hetero) is 1. The molecule has 1 saturated heterocycles. The number of methoxy groups -OCH3 is 1. The van der Waals surface area contributed by atoms with Crippen LogP contribution in [-0.2, 0) is 21.0 Å². The molecule has 1 aliphatic rings. The maximum atomic E-state index is 13.6. The van der Waals surface area contributed by atoms with Crippen LogP contribution in [0.4, 0.5) is 5.69 Å². The van der Waals surface area contributed by atoms with Gasteiger partial charge in [0, 0.05) is 24.2 Å². The molecule has 0 aromatic heterocycles. The van der Waals surface area contributed by atoms with Crippen molar-refractivity contribution in [3.63, 3.8) is 0 Å². The summed E-state index contributed by atoms with van der Waals surface area (Å²) in [6.45, 7) is 3.49. The van der Waals surface area contributed by atoms with Gasteiger partial charge < -0.3 is 19.3 Å². The highest BCUT2D eigenvalue weighted by molar-refractivity contribution is 6.51. The van der Waals surface area contributed by atoms with Crippen molar-refractivity contribution >= 4 is 29.1 Å². The Morgan fingerprint density at radius 1 is 0.881 bits per heavy atom. The molecule has 8 heteroatoms. The Labute approximate surface area is 243 Å². The fraction of sp³-hybridized carbons (Fsp3) is 0.147. The summed E-state index contributed by atoms with van der Waals surface area (Å²) in [6.07, 6.45) is 0. The molecule has 0 saturated carbocycles. The second-order valence-electron chi connectivity index (χ2n) is 9.79. The van der Waals surface area contributed by atoms with E-state index < -0.39 is 23.7 Å². The van der Waals surface area contributed by atoms with E-state index in [9.17, 15) is 19.5 Å².